The Balaban J connectivity index is 1.55. The molecular weight excluding hydrogens is 320 g/mol. The number of hydrogen-bond acceptors (Lipinski definition) is 4. The van der Waals surface area contributed by atoms with Crippen LogP contribution in [0.5, 0.6) is 0 Å². The molecule has 130 valence electrons. The van der Waals surface area contributed by atoms with Crippen LogP contribution in [0, 0.1) is 0 Å². The minimum Gasteiger partial charge on any atom is -0.326 e. The van der Waals surface area contributed by atoms with E-state index in [1.807, 2.05) is 12.3 Å². The highest BCUT2D eigenvalue weighted by molar-refractivity contribution is 5.70. The second-order valence-electron chi connectivity index (χ2n) is 7.15. The van der Waals surface area contributed by atoms with Gasteiger partial charge in [0.25, 0.3) is 0 Å². The van der Waals surface area contributed by atoms with Gasteiger partial charge in [0, 0.05) is 30.2 Å². The predicted octanol–water partition coefficient (Wildman–Crippen LogP) is 4.64. The summed E-state index contributed by atoms with van der Waals surface area (Å²) in [7, 11) is 0. The molecule has 0 amide bonds. The highest BCUT2D eigenvalue weighted by Crippen LogP contribution is 2.38. The van der Waals surface area contributed by atoms with Crippen molar-refractivity contribution >= 4 is 23.1 Å². The molecule has 5 rings (SSSR count). The number of nitrogens with zero attached hydrogens (tertiary/aromatic N) is 4. The standard InChI is InChI=1S/C22H22N4/c1-16-15-18-8-3-5-11-20(18)26(16)22-23-13-12-21(24-22)25-14-6-9-17-7-2-4-10-19(17)25/h2-5,7-8,10-13,16H,6,9,14-15H2,1H3. The van der Waals surface area contributed by atoms with Gasteiger partial charge in [0.2, 0.25) is 5.95 Å². The molecule has 0 spiro atoms. The molecule has 0 fully saturated rings. The molecular formula is C22H22N4. The number of rotatable bonds is 2. The molecule has 1 unspecified atom stereocenters. The summed E-state index contributed by atoms with van der Waals surface area (Å²) in [6.07, 6.45) is 5.22. The highest BCUT2D eigenvalue weighted by Gasteiger charge is 2.29. The lowest BCUT2D eigenvalue weighted by molar-refractivity contribution is 0.731. The van der Waals surface area contributed by atoms with Gasteiger partial charge in [-0.15, -0.1) is 0 Å². The molecule has 4 nitrogen and oxygen atoms in total. The van der Waals surface area contributed by atoms with Crippen LogP contribution in [-0.4, -0.2) is 22.6 Å². The lowest BCUT2D eigenvalue weighted by Gasteiger charge is -2.31. The molecule has 0 saturated carbocycles. The van der Waals surface area contributed by atoms with Crippen molar-refractivity contribution in [2.75, 3.05) is 16.3 Å². The van der Waals surface area contributed by atoms with Crippen molar-refractivity contribution in [2.45, 2.75) is 32.2 Å². The Bertz CT molecular complexity index is 952. The maximum atomic E-state index is 4.97. The molecule has 1 aromatic heterocycles. The maximum Gasteiger partial charge on any atom is 0.232 e. The number of para-hydroxylation sites is 2. The zero-order chi connectivity index (χ0) is 17.5. The van der Waals surface area contributed by atoms with Gasteiger partial charge in [0.05, 0.1) is 0 Å². The van der Waals surface area contributed by atoms with Gasteiger partial charge < -0.3 is 9.80 Å². The maximum absolute atomic E-state index is 4.97. The second-order valence-corrected chi connectivity index (χ2v) is 7.15. The fraction of sp³-hybridized carbons (Fsp3) is 0.273. The molecule has 0 saturated heterocycles. The van der Waals surface area contributed by atoms with Crippen molar-refractivity contribution in [1.82, 2.24) is 9.97 Å². The van der Waals surface area contributed by atoms with Gasteiger partial charge in [0.15, 0.2) is 0 Å². The predicted molar refractivity (Wildman–Crippen MR) is 106 cm³/mol. The lowest BCUT2D eigenvalue weighted by Crippen LogP contribution is -2.28. The van der Waals surface area contributed by atoms with Crippen molar-refractivity contribution in [3.63, 3.8) is 0 Å². The Kier molecular flexibility index (Phi) is 3.63. The van der Waals surface area contributed by atoms with Gasteiger partial charge in [0.1, 0.15) is 5.82 Å². The number of benzene rings is 2. The van der Waals surface area contributed by atoms with Crippen molar-refractivity contribution in [2.24, 2.45) is 0 Å². The quantitative estimate of drug-likeness (QED) is 0.679. The summed E-state index contributed by atoms with van der Waals surface area (Å²) in [6, 6.07) is 19.6. The Morgan fingerprint density at radius 3 is 2.58 bits per heavy atom. The summed E-state index contributed by atoms with van der Waals surface area (Å²) >= 11 is 0. The number of anilines is 4. The molecule has 2 aromatic carbocycles. The zero-order valence-corrected chi connectivity index (χ0v) is 15.0. The van der Waals surface area contributed by atoms with E-state index in [0.29, 0.717) is 6.04 Å². The second kappa shape index (κ2) is 6.13. The summed E-state index contributed by atoms with van der Waals surface area (Å²) in [5.74, 6) is 1.78. The Morgan fingerprint density at radius 1 is 0.923 bits per heavy atom. The smallest absolute Gasteiger partial charge is 0.232 e. The summed E-state index contributed by atoms with van der Waals surface area (Å²) in [4.78, 5) is 14.2. The Labute approximate surface area is 154 Å². The van der Waals surface area contributed by atoms with Crippen LogP contribution in [-0.2, 0) is 12.8 Å². The fourth-order valence-electron chi connectivity index (χ4n) is 4.25. The number of aromatic nitrogens is 2. The van der Waals surface area contributed by atoms with Crippen molar-refractivity contribution < 1.29 is 0 Å². The van der Waals surface area contributed by atoms with Crippen molar-refractivity contribution in [1.29, 1.82) is 0 Å². The third-order valence-corrected chi connectivity index (χ3v) is 5.44. The van der Waals surface area contributed by atoms with E-state index in [2.05, 4.69) is 70.2 Å². The minimum atomic E-state index is 0.372. The molecule has 3 heterocycles. The molecule has 0 N–H and O–H groups in total. The van der Waals surface area contributed by atoms with Gasteiger partial charge in [-0.2, -0.15) is 4.98 Å². The van der Waals surface area contributed by atoms with Crippen molar-refractivity contribution in [3.8, 4) is 0 Å². The van der Waals surface area contributed by atoms with E-state index >= 15 is 0 Å². The molecule has 0 aliphatic carbocycles. The van der Waals surface area contributed by atoms with Crippen LogP contribution in [0.1, 0.15) is 24.5 Å². The lowest BCUT2D eigenvalue weighted by atomic mass is 10.0. The molecule has 4 heteroatoms. The number of aryl methyl sites for hydroxylation is 1. The van der Waals surface area contributed by atoms with E-state index in [4.69, 9.17) is 4.98 Å². The van der Waals surface area contributed by atoms with Crippen LogP contribution in [0.15, 0.2) is 60.8 Å². The molecule has 0 bridgehead atoms. The third-order valence-electron chi connectivity index (χ3n) is 5.44. The first-order valence-electron chi connectivity index (χ1n) is 9.37. The van der Waals surface area contributed by atoms with Gasteiger partial charge in [-0.05, 0) is 55.5 Å². The summed E-state index contributed by atoms with van der Waals surface area (Å²) in [5, 5.41) is 0. The molecule has 3 aromatic rings. The highest BCUT2D eigenvalue weighted by atomic mass is 15.3. The van der Waals surface area contributed by atoms with Crippen LogP contribution < -0.4 is 9.80 Å². The average Bonchev–Trinajstić information content (AvgIpc) is 3.03. The van der Waals surface area contributed by atoms with E-state index in [1.54, 1.807) is 0 Å². The first-order chi connectivity index (χ1) is 12.8. The van der Waals surface area contributed by atoms with Gasteiger partial charge in [-0.25, -0.2) is 4.98 Å². The summed E-state index contributed by atoms with van der Waals surface area (Å²) in [5.41, 5.74) is 5.28. The van der Waals surface area contributed by atoms with Crippen LogP contribution in [0.25, 0.3) is 0 Å². The van der Waals surface area contributed by atoms with Gasteiger partial charge >= 0.3 is 0 Å². The topological polar surface area (TPSA) is 32.3 Å². The molecule has 2 aliphatic rings. The zero-order valence-electron chi connectivity index (χ0n) is 15.0. The SMILES string of the molecule is CC1Cc2ccccc2N1c1nccc(N2CCCc3ccccc32)n1. The summed E-state index contributed by atoms with van der Waals surface area (Å²) < 4.78 is 0. The van der Waals surface area contributed by atoms with Crippen LogP contribution in [0.2, 0.25) is 0 Å². The first-order valence-corrected chi connectivity index (χ1v) is 9.37. The third kappa shape index (κ3) is 2.45. The van der Waals surface area contributed by atoms with E-state index in [0.717, 1.165) is 37.6 Å². The minimum absolute atomic E-state index is 0.372. The molecule has 0 radical (unpaired) electrons. The Hall–Kier alpha value is -2.88. The normalized spacial score (nSPS) is 18.6. The molecule has 1 atom stereocenters. The van der Waals surface area contributed by atoms with Crippen LogP contribution in [0.3, 0.4) is 0 Å². The Morgan fingerprint density at radius 2 is 1.69 bits per heavy atom. The van der Waals surface area contributed by atoms with Gasteiger partial charge in [-0.1, -0.05) is 36.4 Å². The van der Waals surface area contributed by atoms with E-state index in [1.165, 1.54) is 22.5 Å². The summed E-state index contributed by atoms with van der Waals surface area (Å²) in [6.45, 7) is 3.24. The fourth-order valence-corrected chi connectivity index (χ4v) is 4.25. The van der Waals surface area contributed by atoms with Crippen molar-refractivity contribution in [3.05, 3.63) is 71.9 Å². The molecule has 2 aliphatic heterocycles. The largest absolute Gasteiger partial charge is 0.326 e. The monoisotopic (exact) mass is 342 g/mol. The van der Waals surface area contributed by atoms with E-state index in [-0.39, 0.29) is 0 Å². The average molecular weight is 342 g/mol. The molecule has 26 heavy (non-hydrogen) atoms. The number of fused-ring (bicyclic) bond motifs is 2. The van der Waals surface area contributed by atoms with E-state index in [9.17, 15) is 0 Å². The van der Waals surface area contributed by atoms with E-state index < -0.39 is 0 Å². The first kappa shape index (κ1) is 15.4. The van der Waals surface area contributed by atoms with Gasteiger partial charge in [-0.3, -0.25) is 0 Å². The van der Waals surface area contributed by atoms with Crippen LogP contribution in [0.4, 0.5) is 23.1 Å². The van der Waals surface area contributed by atoms with Crippen LogP contribution >= 0.6 is 0 Å². The number of hydrogen-bond donors (Lipinski definition) is 0.